The number of rotatable bonds is 5. The SMILES string of the molecule is CCNC(c1ccc(SC)cc1)c1c(Br)nnn1C. The number of aromatic nitrogens is 3. The number of thioether (sulfide) groups is 1. The van der Waals surface area contributed by atoms with Crippen molar-refractivity contribution in [1.29, 1.82) is 0 Å². The first-order valence-electron chi connectivity index (χ1n) is 6.09. The predicted molar refractivity (Wildman–Crippen MR) is 82.4 cm³/mol. The summed E-state index contributed by atoms with van der Waals surface area (Å²) in [6, 6.07) is 8.68. The molecule has 1 unspecified atom stereocenters. The maximum absolute atomic E-state index is 4.06. The minimum absolute atomic E-state index is 0.0929. The molecule has 0 aliphatic rings. The first-order chi connectivity index (χ1) is 9.17. The quantitative estimate of drug-likeness (QED) is 0.849. The molecule has 1 N–H and O–H groups in total. The standard InChI is InChI=1S/C13H17BrN4S/c1-4-15-11(12-13(14)16-17-18(12)2)9-5-7-10(19-3)8-6-9/h5-8,11,15H,4H2,1-3H3. The van der Waals surface area contributed by atoms with Gasteiger partial charge in [-0.3, -0.25) is 0 Å². The summed E-state index contributed by atoms with van der Waals surface area (Å²) < 4.78 is 2.59. The second-order valence-corrected chi connectivity index (χ2v) is 5.78. The Morgan fingerprint density at radius 3 is 2.53 bits per heavy atom. The maximum atomic E-state index is 4.06. The third-order valence-corrected chi connectivity index (χ3v) is 4.27. The molecule has 4 nitrogen and oxygen atoms in total. The predicted octanol–water partition coefficient (Wildman–Crippen LogP) is 3.00. The van der Waals surface area contributed by atoms with Crippen LogP contribution in [0.15, 0.2) is 33.8 Å². The molecule has 0 saturated carbocycles. The van der Waals surface area contributed by atoms with Crippen LogP contribution in [0.4, 0.5) is 0 Å². The number of hydrogen-bond acceptors (Lipinski definition) is 4. The summed E-state index contributed by atoms with van der Waals surface area (Å²) >= 11 is 5.22. The lowest BCUT2D eigenvalue weighted by Crippen LogP contribution is -2.24. The van der Waals surface area contributed by atoms with Gasteiger partial charge in [0.05, 0.1) is 11.7 Å². The Bertz CT molecular complexity index is 519. The largest absolute Gasteiger partial charge is 0.305 e. The van der Waals surface area contributed by atoms with Crippen LogP contribution in [0.3, 0.4) is 0 Å². The lowest BCUT2D eigenvalue weighted by atomic mass is 10.0. The van der Waals surface area contributed by atoms with Crippen LogP contribution in [-0.2, 0) is 7.05 Å². The molecule has 0 bridgehead atoms. The smallest absolute Gasteiger partial charge is 0.153 e. The molecule has 0 fully saturated rings. The van der Waals surface area contributed by atoms with Crippen molar-refractivity contribution in [3.05, 3.63) is 40.1 Å². The highest BCUT2D eigenvalue weighted by Crippen LogP contribution is 2.27. The van der Waals surface area contributed by atoms with E-state index in [1.54, 1.807) is 16.4 Å². The van der Waals surface area contributed by atoms with Crippen molar-refractivity contribution in [2.45, 2.75) is 17.9 Å². The van der Waals surface area contributed by atoms with E-state index in [0.717, 1.165) is 16.8 Å². The van der Waals surface area contributed by atoms with Crippen molar-refractivity contribution < 1.29 is 0 Å². The molecule has 1 heterocycles. The van der Waals surface area contributed by atoms with Crippen molar-refractivity contribution in [2.75, 3.05) is 12.8 Å². The van der Waals surface area contributed by atoms with E-state index >= 15 is 0 Å². The molecule has 0 amide bonds. The fourth-order valence-corrected chi connectivity index (χ4v) is 2.98. The molecular weight excluding hydrogens is 324 g/mol. The molecule has 0 aliphatic heterocycles. The van der Waals surface area contributed by atoms with Crippen molar-refractivity contribution in [3.63, 3.8) is 0 Å². The third kappa shape index (κ3) is 3.19. The van der Waals surface area contributed by atoms with Gasteiger partial charge in [-0.25, -0.2) is 4.68 Å². The van der Waals surface area contributed by atoms with Gasteiger partial charge in [0.2, 0.25) is 0 Å². The number of halogens is 1. The summed E-state index contributed by atoms with van der Waals surface area (Å²) in [5, 5.41) is 11.6. The van der Waals surface area contributed by atoms with Gasteiger partial charge in [-0.2, -0.15) is 0 Å². The monoisotopic (exact) mass is 340 g/mol. The average molecular weight is 341 g/mol. The highest BCUT2D eigenvalue weighted by atomic mass is 79.9. The number of nitrogens with zero attached hydrogens (tertiary/aromatic N) is 3. The van der Waals surface area contributed by atoms with E-state index in [1.807, 2.05) is 7.05 Å². The topological polar surface area (TPSA) is 42.7 Å². The number of nitrogens with one attached hydrogen (secondary N) is 1. The second-order valence-electron chi connectivity index (χ2n) is 4.15. The molecular formula is C13H17BrN4S. The first kappa shape index (κ1) is 14.6. The van der Waals surface area contributed by atoms with E-state index in [9.17, 15) is 0 Å². The van der Waals surface area contributed by atoms with Gasteiger partial charge in [-0.1, -0.05) is 24.3 Å². The zero-order valence-corrected chi connectivity index (χ0v) is 13.6. The molecule has 1 aromatic carbocycles. The third-order valence-electron chi connectivity index (χ3n) is 2.96. The Kier molecular flexibility index (Phi) is 5.01. The highest BCUT2D eigenvalue weighted by Gasteiger charge is 2.20. The van der Waals surface area contributed by atoms with Crippen LogP contribution in [-0.4, -0.2) is 27.8 Å². The van der Waals surface area contributed by atoms with Crippen LogP contribution >= 0.6 is 27.7 Å². The van der Waals surface area contributed by atoms with Gasteiger partial charge >= 0.3 is 0 Å². The zero-order chi connectivity index (χ0) is 13.8. The summed E-state index contributed by atoms with van der Waals surface area (Å²) in [5.41, 5.74) is 2.25. The average Bonchev–Trinajstić information content (AvgIpc) is 2.76. The van der Waals surface area contributed by atoms with Gasteiger partial charge in [0.15, 0.2) is 4.60 Å². The summed E-state index contributed by atoms with van der Waals surface area (Å²) in [6.45, 7) is 2.98. The molecule has 0 radical (unpaired) electrons. The lowest BCUT2D eigenvalue weighted by molar-refractivity contribution is 0.567. The van der Waals surface area contributed by atoms with Gasteiger partial charge in [0, 0.05) is 11.9 Å². The van der Waals surface area contributed by atoms with Gasteiger partial charge < -0.3 is 5.32 Å². The van der Waals surface area contributed by atoms with E-state index in [-0.39, 0.29) is 6.04 Å². The Hall–Kier alpha value is -0.850. The molecule has 0 spiro atoms. The van der Waals surface area contributed by atoms with Crippen LogP contribution < -0.4 is 5.32 Å². The summed E-state index contributed by atoms with van der Waals surface area (Å²) in [5.74, 6) is 0. The van der Waals surface area contributed by atoms with Gasteiger partial charge in [-0.05, 0) is 46.4 Å². The minimum Gasteiger partial charge on any atom is -0.305 e. The number of benzene rings is 1. The number of hydrogen-bond donors (Lipinski definition) is 1. The van der Waals surface area contributed by atoms with E-state index in [1.165, 1.54) is 10.5 Å². The van der Waals surface area contributed by atoms with Gasteiger partial charge in [-0.15, -0.1) is 16.9 Å². The Morgan fingerprint density at radius 1 is 1.37 bits per heavy atom. The van der Waals surface area contributed by atoms with Gasteiger partial charge in [0.1, 0.15) is 0 Å². The van der Waals surface area contributed by atoms with E-state index in [2.05, 4.69) is 69.0 Å². The van der Waals surface area contributed by atoms with Crippen LogP contribution in [0.2, 0.25) is 0 Å². The molecule has 0 saturated heterocycles. The first-order valence-corrected chi connectivity index (χ1v) is 8.11. The maximum Gasteiger partial charge on any atom is 0.153 e. The molecule has 6 heteroatoms. The van der Waals surface area contributed by atoms with Crippen LogP contribution in [0, 0.1) is 0 Å². The molecule has 102 valence electrons. The molecule has 1 aromatic heterocycles. The lowest BCUT2D eigenvalue weighted by Gasteiger charge is -2.19. The van der Waals surface area contributed by atoms with Crippen LogP contribution in [0.5, 0.6) is 0 Å². The highest BCUT2D eigenvalue weighted by molar-refractivity contribution is 9.10. The van der Waals surface area contributed by atoms with Crippen LogP contribution in [0.25, 0.3) is 0 Å². The van der Waals surface area contributed by atoms with Gasteiger partial charge in [0.25, 0.3) is 0 Å². The van der Waals surface area contributed by atoms with Crippen LogP contribution in [0.1, 0.15) is 24.2 Å². The van der Waals surface area contributed by atoms with Crippen molar-refractivity contribution in [1.82, 2.24) is 20.3 Å². The fourth-order valence-electron chi connectivity index (χ4n) is 2.02. The zero-order valence-electron chi connectivity index (χ0n) is 11.2. The minimum atomic E-state index is 0.0929. The summed E-state index contributed by atoms with van der Waals surface area (Å²) in [4.78, 5) is 1.26. The number of aryl methyl sites for hydroxylation is 1. The Labute approximate surface area is 126 Å². The molecule has 2 rings (SSSR count). The van der Waals surface area contributed by atoms with Crippen molar-refractivity contribution in [3.8, 4) is 0 Å². The summed E-state index contributed by atoms with van der Waals surface area (Å²) in [6.07, 6.45) is 2.08. The Morgan fingerprint density at radius 2 is 2.05 bits per heavy atom. The summed E-state index contributed by atoms with van der Waals surface area (Å²) in [7, 11) is 1.91. The van der Waals surface area contributed by atoms with Crippen molar-refractivity contribution in [2.24, 2.45) is 7.05 Å². The Balaban J connectivity index is 2.39. The molecule has 1 atom stereocenters. The fraction of sp³-hybridized carbons (Fsp3) is 0.385. The van der Waals surface area contributed by atoms with Crippen molar-refractivity contribution >= 4 is 27.7 Å². The second kappa shape index (κ2) is 6.54. The van der Waals surface area contributed by atoms with E-state index in [0.29, 0.717) is 0 Å². The van der Waals surface area contributed by atoms with E-state index in [4.69, 9.17) is 0 Å². The normalized spacial score (nSPS) is 12.6. The molecule has 0 aliphatic carbocycles. The molecule has 2 aromatic rings. The van der Waals surface area contributed by atoms with E-state index < -0.39 is 0 Å². The molecule has 19 heavy (non-hydrogen) atoms.